The topological polar surface area (TPSA) is 25.8 Å². The van der Waals surface area contributed by atoms with Crippen molar-refractivity contribution in [2.24, 2.45) is 0 Å². The zero-order valence-corrected chi connectivity index (χ0v) is 17.7. The van der Waals surface area contributed by atoms with E-state index in [1.165, 1.54) is 57.6 Å². The van der Waals surface area contributed by atoms with Gasteiger partial charge in [-0.3, -0.25) is 9.97 Å². The summed E-state index contributed by atoms with van der Waals surface area (Å²) in [7, 11) is 0. The summed E-state index contributed by atoms with van der Waals surface area (Å²) in [5.74, 6) is 0. The fraction of sp³-hybridized carbons (Fsp3) is 0.154. The van der Waals surface area contributed by atoms with Crippen LogP contribution in [0.3, 0.4) is 0 Å². The van der Waals surface area contributed by atoms with Gasteiger partial charge in [0, 0.05) is 28.4 Å². The van der Waals surface area contributed by atoms with E-state index in [4.69, 9.17) is 0 Å². The summed E-state index contributed by atoms with van der Waals surface area (Å²) in [5.41, 5.74) is 7.14. The molecule has 2 aliphatic carbocycles. The average Bonchev–Trinajstić information content (AvgIpc) is 2.79. The van der Waals surface area contributed by atoms with Gasteiger partial charge in [0.05, 0.1) is 5.52 Å². The van der Waals surface area contributed by atoms with E-state index in [2.05, 4.69) is 68.4 Å². The first-order chi connectivity index (χ1) is 14.3. The fourth-order valence-corrected chi connectivity index (χ4v) is 4.68. The van der Waals surface area contributed by atoms with Crippen molar-refractivity contribution in [3.63, 3.8) is 0 Å². The number of aryl methyl sites for hydroxylation is 1. The highest BCUT2D eigenvalue weighted by atomic mass is 79.9. The summed E-state index contributed by atoms with van der Waals surface area (Å²) in [4.78, 5) is 8.11. The van der Waals surface area contributed by atoms with Crippen molar-refractivity contribution < 1.29 is 0 Å². The van der Waals surface area contributed by atoms with Gasteiger partial charge in [0.15, 0.2) is 0 Å². The Morgan fingerprint density at radius 1 is 0.862 bits per heavy atom. The van der Waals surface area contributed by atoms with Crippen molar-refractivity contribution in [2.45, 2.75) is 25.7 Å². The van der Waals surface area contributed by atoms with E-state index in [0.29, 0.717) is 0 Å². The van der Waals surface area contributed by atoms with Crippen molar-refractivity contribution in [3.8, 4) is 0 Å². The van der Waals surface area contributed by atoms with Gasteiger partial charge >= 0.3 is 0 Å². The molecule has 0 spiro atoms. The van der Waals surface area contributed by atoms with E-state index < -0.39 is 0 Å². The van der Waals surface area contributed by atoms with Crippen LogP contribution in [-0.4, -0.2) is 9.97 Å². The molecule has 0 aliphatic heterocycles. The Morgan fingerprint density at radius 3 is 2.72 bits per heavy atom. The number of nitrogens with zero attached hydrogens (tertiary/aromatic N) is 2. The maximum atomic E-state index is 4.14. The molecule has 2 aromatic carbocycles. The van der Waals surface area contributed by atoms with E-state index in [1.807, 2.05) is 24.4 Å². The monoisotopic (exact) mass is 440 g/mol. The van der Waals surface area contributed by atoms with Crippen LogP contribution in [-0.2, 0) is 6.42 Å². The normalized spacial score (nSPS) is 14.9. The molecule has 0 N–H and O–H groups in total. The fourth-order valence-electron chi connectivity index (χ4n) is 4.32. The minimum Gasteiger partial charge on any atom is -0.264 e. The molecule has 6 rings (SSSR count). The average molecular weight is 441 g/mol. The van der Waals surface area contributed by atoms with Gasteiger partial charge in [0.2, 0.25) is 0 Å². The first-order valence-corrected chi connectivity index (χ1v) is 10.8. The Bertz CT molecular complexity index is 1200. The van der Waals surface area contributed by atoms with Crippen LogP contribution in [0.2, 0.25) is 0 Å². The summed E-state index contributed by atoms with van der Waals surface area (Å²) < 4.78 is 1.17. The van der Waals surface area contributed by atoms with E-state index in [1.54, 1.807) is 18.0 Å². The van der Waals surface area contributed by atoms with E-state index in [0.717, 1.165) is 10.9 Å². The molecular formula is C26H21BrN2. The summed E-state index contributed by atoms with van der Waals surface area (Å²) >= 11 is 3.60. The highest BCUT2D eigenvalue weighted by molar-refractivity contribution is 9.10. The van der Waals surface area contributed by atoms with Crippen LogP contribution < -0.4 is 0 Å². The van der Waals surface area contributed by atoms with Gasteiger partial charge in [-0.25, -0.2) is 0 Å². The third-order valence-electron chi connectivity index (χ3n) is 5.74. The molecule has 3 heteroatoms. The zero-order valence-electron chi connectivity index (χ0n) is 16.1. The molecule has 0 radical (unpaired) electrons. The second kappa shape index (κ2) is 7.92. The molecule has 2 nitrogen and oxygen atoms in total. The van der Waals surface area contributed by atoms with Crippen LogP contribution in [0, 0.1) is 0 Å². The minimum absolute atomic E-state index is 0.998. The Morgan fingerprint density at radius 2 is 1.79 bits per heavy atom. The Labute approximate surface area is 179 Å². The Hall–Kier alpha value is -2.78. The molecule has 29 heavy (non-hydrogen) atoms. The van der Waals surface area contributed by atoms with Gasteiger partial charge in [0.1, 0.15) is 0 Å². The Kier molecular flexibility index (Phi) is 4.99. The quantitative estimate of drug-likeness (QED) is 0.287. The largest absolute Gasteiger partial charge is 0.264 e. The zero-order chi connectivity index (χ0) is 19.6. The smallest absolute Gasteiger partial charge is 0.0732 e. The number of aromatic nitrogens is 2. The molecule has 0 saturated heterocycles. The molecular weight excluding hydrogens is 420 g/mol. The third-order valence-corrected chi connectivity index (χ3v) is 6.24. The molecule has 0 unspecified atom stereocenters. The number of hydrogen-bond acceptors (Lipinski definition) is 2. The van der Waals surface area contributed by atoms with Crippen molar-refractivity contribution in [1.82, 2.24) is 9.97 Å². The maximum absolute atomic E-state index is 4.14. The number of pyridine rings is 2. The molecule has 142 valence electrons. The van der Waals surface area contributed by atoms with Crippen molar-refractivity contribution >= 4 is 43.2 Å². The summed E-state index contributed by atoms with van der Waals surface area (Å²) in [5, 5.41) is 3.85. The number of rotatable bonds is 0. The molecule has 0 amide bonds. The lowest BCUT2D eigenvalue weighted by atomic mass is 9.80. The summed E-state index contributed by atoms with van der Waals surface area (Å²) in [6.45, 7) is 0. The predicted molar refractivity (Wildman–Crippen MR) is 125 cm³/mol. The van der Waals surface area contributed by atoms with Crippen LogP contribution >= 0.6 is 15.9 Å². The molecule has 2 aromatic heterocycles. The van der Waals surface area contributed by atoms with Crippen molar-refractivity contribution in [1.29, 1.82) is 0 Å². The first-order valence-electron chi connectivity index (χ1n) is 10.0. The molecule has 0 fully saturated rings. The molecule has 0 atom stereocenters. The Balaban J connectivity index is 0.000000153. The molecule has 0 bridgehead atoms. The summed E-state index contributed by atoms with van der Waals surface area (Å²) in [6.07, 6.45) is 14.9. The second-order valence-corrected chi connectivity index (χ2v) is 8.40. The standard InChI is InChI=1S/C18H15Br.C8H6N2/c19-14-8-5-13-7-9-16-15-4-2-1-3-12(15)6-10-17(16)18(13)11-14;1-2-7-6-9-5-3-8(7)10-4-1/h2,4-5,7-9,11H,1,3,6,10H2;1-6H. The third kappa shape index (κ3) is 3.63. The van der Waals surface area contributed by atoms with Gasteiger partial charge in [-0.2, -0.15) is 0 Å². The van der Waals surface area contributed by atoms with Crippen LogP contribution in [0.1, 0.15) is 30.4 Å². The lowest BCUT2D eigenvalue weighted by molar-refractivity contribution is 0.831. The van der Waals surface area contributed by atoms with Crippen LogP contribution in [0.25, 0.3) is 27.2 Å². The molecule has 4 aromatic rings. The highest BCUT2D eigenvalue weighted by Crippen LogP contribution is 2.40. The van der Waals surface area contributed by atoms with Crippen molar-refractivity contribution in [2.75, 3.05) is 0 Å². The van der Waals surface area contributed by atoms with Gasteiger partial charge in [-0.05, 0) is 83.5 Å². The van der Waals surface area contributed by atoms with Gasteiger partial charge in [0.25, 0.3) is 0 Å². The minimum atomic E-state index is 0.998. The number of benzene rings is 2. The maximum Gasteiger partial charge on any atom is 0.0732 e. The van der Waals surface area contributed by atoms with Crippen molar-refractivity contribution in [3.05, 3.63) is 100 Å². The molecule has 2 aliphatic rings. The predicted octanol–water partition coefficient (Wildman–Crippen LogP) is 7.28. The van der Waals surface area contributed by atoms with E-state index in [-0.39, 0.29) is 0 Å². The SMILES string of the molecule is Brc1ccc2ccc3c(c2c1)CCC1=C3C=CCC1.c1cnc2ccncc2c1. The van der Waals surface area contributed by atoms with Crippen LogP contribution in [0.5, 0.6) is 0 Å². The number of hydrogen-bond donors (Lipinski definition) is 0. The van der Waals surface area contributed by atoms with Crippen LogP contribution in [0.15, 0.2) is 89.3 Å². The first kappa shape index (κ1) is 18.3. The highest BCUT2D eigenvalue weighted by Gasteiger charge is 2.20. The van der Waals surface area contributed by atoms with E-state index >= 15 is 0 Å². The van der Waals surface area contributed by atoms with E-state index in [9.17, 15) is 0 Å². The van der Waals surface area contributed by atoms with Gasteiger partial charge in [-0.1, -0.05) is 51.9 Å². The lowest BCUT2D eigenvalue weighted by Gasteiger charge is -2.25. The number of allylic oxidation sites excluding steroid dienone is 4. The lowest BCUT2D eigenvalue weighted by Crippen LogP contribution is -2.06. The summed E-state index contributed by atoms with van der Waals surface area (Å²) in [6, 6.07) is 17.0. The van der Waals surface area contributed by atoms with Gasteiger partial charge < -0.3 is 0 Å². The number of halogens is 1. The second-order valence-electron chi connectivity index (χ2n) is 7.49. The molecule has 2 heterocycles. The molecule has 0 saturated carbocycles. The van der Waals surface area contributed by atoms with Crippen LogP contribution in [0.4, 0.5) is 0 Å². The van der Waals surface area contributed by atoms with Gasteiger partial charge in [-0.15, -0.1) is 0 Å². The number of fused-ring (bicyclic) bond motifs is 5.